The lowest BCUT2D eigenvalue weighted by Gasteiger charge is -2.21. The predicted molar refractivity (Wildman–Crippen MR) is 68.1 cm³/mol. The summed E-state index contributed by atoms with van der Waals surface area (Å²) in [5.74, 6) is 0.490. The van der Waals surface area contributed by atoms with Gasteiger partial charge in [-0.3, -0.25) is 10.1 Å². The number of halogens is 1. The third-order valence-corrected chi connectivity index (χ3v) is 3.06. The molecule has 0 amide bonds. The van der Waals surface area contributed by atoms with Gasteiger partial charge < -0.3 is 9.64 Å². The molecule has 1 aromatic heterocycles. The molecule has 1 atom stereocenters. The number of hydrogen-bond acceptors (Lipinski definition) is 5. The highest BCUT2D eigenvalue weighted by Crippen LogP contribution is 2.23. The summed E-state index contributed by atoms with van der Waals surface area (Å²) < 4.78 is 5.52. The van der Waals surface area contributed by atoms with Gasteiger partial charge in [-0.05, 0) is 12.8 Å². The SMILES string of the molecule is CN(CC1CCCO1)c1cc([N+](=O)[O-])cc(Cl)n1. The smallest absolute Gasteiger partial charge is 0.276 e. The predicted octanol–water partition coefficient (Wildman–Crippen LogP) is 2.26. The summed E-state index contributed by atoms with van der Waals surface area (Å²) in [5, 5.41) is 10.9. The highest BCUT2D eigenvalue weighted by atomic mass is 35.5. The van der Waals surface area contributed by atoms with Crippen LogP contribution in [0.4, 0.5) is 11.5 Å². The van der Waals surface area contributed by atoms with Crippen LogP contribution >= 0.6 is 11.6 Å². The number of nitrogens with zero attached hydrogens (tertiary/aromatic N) is 3. The van der Waals surface area contributed by atoms with Gasteiger partial charge in [-0.1, -0.05) is 11.6 Å². The maximum Gasteiger partial charge on any atom is 0.276 e. The zero-order valence-electron chi connectivity index (χ0n) is 10.0. The quantitative estimate of drug-likeness (QED) is 0.477. The Balaban J connectivity index is 2.13. The van der Waals surface area contributed by atoms with E-state index in [0.29, 0.717) is 12.4 Å². The van der Waals surface area contributed by atoms with E-state index in [1.807, 2.05) is 11.9 Å². The number of ether oxygens (including phenoxy) is 1. The van der Waals surface area contributed by atoms with Crippen LogP contribution < -0.4 is 4.90 Å². The highest BCUT2D eigenvalue weighted by molar-refractivity contribution is 6.29. The lowest BCUT2D eigenvalue weighted by atomic mass is 10.2. The van der Waals surface area contributed by atoms with E-state index < -0.39 is 4.92 Å². The summed E-state index contributed by atoms with van der Waals surface area (Å²) in [4.78, 5) is 16.2. The topological polar surface area (TPSA) is 68.5 Å². The minimum Gasteiger partial charge on any atom is -0.376 e. The molecule has 98 valence electrons. The number of pyridine rings is 1. The van der Waals surface area contributed by atoms with Crippen LogP contribution in [0.15, 0.2) is 12.1 Å². The molecule has 1 saturated heterocycles. The molecular weight excluding hydrogens is 258 g/mol. The maximum atomic E-state index is 10.7. The molecular formula is C11H14ClN3O3. The van der Waals surface area contributed by atoms with E-state index >= 15 is 0 Å². The lowest BCUT2D eigenvalue weighted by Crippen LogP contribution is -2.29. The van der Waals surface area contributed by atoms with Crippen molar-refractivity contribution in [1.29, 1.82) is 0 Å². The van der Waals surface area contributed by atoms with E-state index in [4.69, 9.17) is 16.3 Å². The Kier molecular flexibility index (Phi) is 3.98. The van der Waals surface area contributed by atoms with E-state index in [9.17, 15) is 10.1 Å². The van der Waals surface area contributed by atoms with Crippen LogP contribution in [0.3, 0.4) is 0 Å². The number of hydrogen-bond donors (Lipinski definition) is 0. The molecule has 1 aliphatic heterocycles. The molecule has 2 heterocycles. The first kappa shape index (κ1) is 13.0. The third-order valence-electron chi connectivity index (χ3n) is 2.87. The third kappa shape index (κ3) is 3.08. The van der Waals surface area contributed by atoms with Crippen LogP contribution in [0.2, 0.25) is 5.15 Å². The summed E-state index contributed by atoms with van der Waals surface area (Å²) in [6, 6.07) is 2.66. The van der Waals surface area contributed by atoms with Crippen LogP contribution in [0.1, 0.15) is 12.8 Å². The van der Waals surface area contributed by atoms with Gasteiger partial charge in [0.2, 0.25) is 0 Å². The van der Waals surface area contributed by atoms with Crippen molar-refractivity contribution >= 4 is 23.1 Å². The molecule has 0 spiro atoms. The molecule has 1 aromatic rings. The van der Waals surface area contributed by atoms with Crippen LogP contribution in [0.5, 0.6) is 0 Å². The van der Waals surface area contributed by atoms with Gasteiger partial charge >= 0.3 is 0 Å². The summed E-state index contributed by atoms with van der Waals surface area (Å²) in [6.45, 7) is 1.44. The number of rotatable bonds is 4. The fraction of sp³-hybridized carbons (Fsp3) is 0.545. The zero-order chi connectivity index (χ0) is 13.1. The second kappa shape index (κ2) is 5.49. The van der Waals surface area contributed by atoms with Crippen LogP contribution in [-0.4, -0.2) is 36.2 Å². The average Bonchev–Trinajstić information content (AvgIpc) is 2.80. The molecule has 0 saturated carbocycles. The number of anilines is 1. The number of nitro groups is 1. The van der Waals surface area contributed by atoms with Gasteiger partial charge in [0.25, 0.3) is 5.69 Å². The minimum atomic E-state index is -0.475. The Labute approximate surface area is 110 Å². The van der Waals surface area contributed by atoms with Gasteiger partial charge in [0.05, 0.1) is 23.2 Å². The van der Waals surface area contributed by atoms with Crippen LogP contribution in [0.25, 0.3) is 0 Å². The Morgan fingerprint density at radius 3 is 3.06 bits per heavy atom. The second-order valence-electron chi connectivity index (χ2n) is 4.28. The minimum absolute atomic E-state index is 0.0517. The Hall–Kier alpha value is -1.40. The molecule has 18 heavy (non-hydrogen) atoms. The molecule has 0 radical (unpaired) electrons. The molecule has 0 bridgehead atoms. The largest absolute Gasteiger partial charge is 0.376 e. The first-order valence-corrected chi connectivity index (χ1v) is 6.09. The van der Waals surface area contributed by atoms with Gasteiger partial charge in [0.15, 0.2) is 0 Å². The fourth-order valence-corrected chi connectivity index (χ4v) is 2.16. The van der Waals surface area contributed by atoms with E-state index in [1.54, 1.807) is 0 Å². The molecule has 0 N–H and O–H groups in total. The summed E-state index contributed by atoms with van der Waals surface area (Å²) in [7, 11) is 1.82. The molecule has 0 aromatic carbocycles. The van der Waals surface area contributed by atoms with Crippen molar-refractivity contribution in [3.63, 3.8) is 0 Å². The standard InChI is InChI=1S/C11H14ClN3O3/c1-14(7-9-3-2-4-18-9)11-6-8(15(16)17)5-10(12)13-11/h5-6,9H,2-4,7H2,1H3. The Morgan fingerprint density at radius 1 is 1.67 bits per heavy atom. The summed E-state index contributed by atoms with van der Waals surface area (Å²) in [5.41, 5.74) is -0.0517. The van der Waals surface area contributed by atoms with Crippen molar-refractivity contribution in [2.75, 3.05) is 25.1 Å². The second-order valence-corrected chi connectivity index (χ2v) is 4.67. The molecule has 0 aliphatic carbocycles. The van der Waals surface area contributed by atoms with Gasteiger partial charge in [0, 0.05) is 20.2 Å². The average molecular weight is 272 g/mol. The molecule has 1 unspecified atom stereocenters. The zero-order valence-corrected chi connectivity index (χ0v) is 10.8. The van der Waals surface area contributed by atoms with Gasteiger partial charge in [-0.15, -0.1) is 0 Å². The van der Waals surface area contributed by atoms with Crippen molar-refractivity contribution in [2.45, 2.75) is 18.9 Å². The van der Waals surface area contributed by atoms with Crippen molar-refractivity contribution in [3.05, 3.63) is 27.4 Å². The molecule has 1 aliphatic rings. The number of aromatic nitrogens is 1. The van der Waals surface area contributed by atoms with E-state index in [1.165, 1.54) is 12.1 Å². The lowest BCUT2D eigenvalue weighted by molar-refractivity contribution is -0.384. The Bertz CT molecular complexity index is 449. The normalized spacial score (nSPS) is 18.9. The van der Waals surface area contributed by atoms with Crippen molar-refractivity contribution in [3.8, 4) is 0 Å². The number of likely N-dealkylation sites (N-methyl/N-ethyl adjacent to an activating group) is 1. The molecule has 7 heteroatoms. The van der Waals surface area contributed by atoms with Gasteiger partial charge in [-0.2, -0.15) is 0 Å². The first-order chi connectivity index (χ1) is 8.56. The van der Waals surface area contributed by atoms with Gasteiger partial charge in [0.1, 0.15) is 11.0 Å². The fourth-order valence-electron chi connectivity index (χ4n) is 1.96. The first-order valence-electron chi connectivity index (χ1n) is 5.71. The van der Waals surface area contributed by atoms with Gasteiger partial charge in [-0.25, -0.2) is 4.98 Å². The van der Waals surface area contributed by atoms with Crippen LogP contribution in [0, 0.1) is 10.1 Å². The van der Waals surface area contributed by atoms with E-state index in [2.05, 4.69) is 4.98 Å². The molecule has 6 nitrogen and oxygen atoms in total. The maximum absolute atomic E-state index is 10.7. The van der Waals surface area contributed by atoms with Crippen molar-refractivity contribution < 1.29 is 9.66 Å². The van der Waals surface area contributed by atoms with Crippen molar-refractivity contribution in [2.24, 2.45) is 0 Å². The summed E-state index contributed by atoms with van der Waals surface area (Å²) in [6.07, 6.45) is 2.23. The Morgan fingerprint density at radius 2 is 2.44 bits per heavy atom. The van der Waals surface area contributed by atoms with Crippen molar-refractivity contribution in [1.82, 2.24) is 4.98 Å². The van der Waals surface area contributed by atoms with E-state index in [-0.39, 0.29) is 16.9 Å². The molecule has 1 fully saturated rings. The van der Waals surface area contributed by atoms with Crippen LogP contribution in [-0.2, 0) is 4.74 Å². The van der Waals surface area contributed by atoms with E-state index in [0.717, 1.165) is 19.4 Å². The monoisotopic (exact) mass is 271 g/mol. The molecule has 2 rings (SSSR count). The summed E-state index contributed by atoms with van der Waals surface area (Å²) >= 11 is 5.78. The highest BCUT2D eigenvalue weighted by Gasteiger charge is 2.19.